The molecule has 3 aromatic rings. The van der Waals surface area contributed by atoms with Gasteiger partial charge in [0.1, 0.15) is 17.2 Å². The van der Waals surface area contributed by atoms with Gasteiger partial charge in [-0.2, -0.15) is 0 Å². The van der Waals surface area contributed by atoms with Gasteiger partial charge in [-0.15, -0.1) is 0 Å². The summed E-state index contributed by atoms with van der Waals surface area (Å²) in [4.78, 5) is 27.9. The number of fused-ring (bicyclic) bond motifs is 3. The van der Waals surface area contributed by atoms with Gasteiger partial charge in [0.05, 0.1) is 26.9 Å². The lowest BCUT2D eigenvalue weighted by Crippen LogP contribution is -2.34. The Bertz CT molecular complexity index is 1320. The summed E-state index contributed by atoms with van der Waals surface area (Å²) in [6, 6.07) is 16.6. The molecule has 0 N–H and O–H groups in total. The van der Waals surface area contributed by atoms with Crippen molar-refractivity contribution < 1.29 is 23.8 Å². The summed E-state index contributed by atoms with van der Waals surface area (Å²) in [5, 5.41) is 0. The van der Waals surface area contributed by atoms with Gasteiger partial charge in [0, 0.05) is 41.9 Å². The van der Waals surface area contributed by atoms with Crippen LogP contribution in [0.5, 0.6) is 17.2 Å². The zero-order valence-electron chi connectivity index (χ0n) is 19.4. The highest BCUT2D eigenvalue weighted by Crippen LogP contribution is 2.41. The van der Waals surface area contributed by atoms with Crippen LogP contribution < -0.4 is 14.2 Å². The van der Waals surface area contributed by atoms with Gasteiger partial charge in [-0.05, 0) is 35.3 Å². The Balaban J connectivity index is 1.40. The fraction of sp³-hybridized carbons (Fsp3) is 0.214. The van der Waals surface area contributed by atoms with Crippen LogP contribution in [0.4, 0.5) is 0 Å². The maximum atomic E-state index is 13.3. The Morgan fingerprint density at radius 2 is 1.50 bits per heavy atom. The topological polar surface area (TPSA) is 65.1 Å². The molecule has 0 bridgehead atoms. The summed E-state index contributed by atoms with van der Waals surface area (Å²) in [5.41, 5.74) is 5.55. The number of hydrogen-bond acceptors (Lipinski definition) is 5. The lowest BCUT2D eigenvalue weighted by atomic mass is 9.96. The van der Waals surface area contributed by atoms with Crippen LogP contribution in [-0.2, 0) is 0 Å². The normalized spacial score (nSPS) is 14.3. The molecule has 1 amide bonds. The molecule has 172 valence electrons. The van der Waals surface area contributed by atoms with Gasteiger partial charge in [-0.1, -0.05) is 36.4 Å². The van der Waals surface area contributed by atoms with Crippen molar-refractivity contribution in [1.82, 2.24) is 4.90 Å². The molecule has 0 aromatic heterocycles. The quantitative estimate of drug-likeness (QED) is 0.430. The maximum Gasteiger partial charge on any atom is 0.254 e. The Kier molecular flexibility index (Phi) is 5.57. The molecular formula is C28H25NO5. The molecule has 5 rings (SSSR count). The number of nitrogens with zero attached hydrogens (tertiary/aromatic N) is 1. The van der Waals surface area contributed by atoms with Crippen molar-refractivity contribution in [1.29, 1.82) is 0 Å². The lowest BCUT2D eigenvalue weighted by Gasteiger charge is -2.28. The van der Waals surface area contributed by atoms with E-state index in [1.54, 1.807) is 32.3 Å². The summed E-state index contributed by atoms with van der Waals surface area (Å²) in [6.07, 6.45) is 2.68. The second-order valence-corrected chi connectivity index (χ2v) is 8.27. The number of methoxy groups -OCH3 is 3. The van der Waals surface area contributed by atoms with Crippen LogP contribution >= 0.6 is 0 Å². The minimum Gasteiger partial charge on any atom is -0.496 e. The van der Waals surface area contributed by atoms with Crippen molar-refractivity contribution in [3.8, 4) is 28.4 Å². The molecule has 2 aliphatic rings. The van der Waals surface area contributed by atoms with E-state index in [2.05, 4.69) is 0 Å². The van der Waals surface area contributed by atoms with Gasteiger partial charge in [0.25, 0.3) is 5.91 Å². The van der Waals surface area contributed by atoms with Crippen molar-refractivity contribution in [2.24, 2.45) is 0 Å². The van der Waals surface area contributed by atoms with Crippen molar-refractivity contribution in [3.63, 3.8) is 0 Å². The van der Waals surface area contributed by atoms with Crippen molar-refractivity contribution in [2.45, 2.75) is 6.42 Å². The molecular weight excluding hydrogens is 430 g/mol. The fourth-order valence-corrected chi connectivity index (χ4v) is 4.75. The number of rotatable bonds is 5. The van der Waals surface area contributed by atoms with Crippen molar-refractivity contribution in [3.05, 3.63) is 82.9 Å². The summed E-state index contributed by atoms with van der Waals surface area (Å²) < 4.78 is 16.5. The molecule has 6 nitrogen and oxygen atoms in total. The third kappa shape index (κ3) is 3.52. The Labute approximate surface area is 198 Å². The zero-order chi connectivity index (χ0) is 23.8. The Morgan fingerprint density at radius 3 is 2.12 bits per heavy atom. The first kappa shape index (κ1) is 21.8. The van der Waals surface area contributed by atoms with Gasteiger partial charge in [0.2, 0.25) is 0 Å². The average molecular weight is 456 g/mol. The molecule has 3 aromatic carbocycles. The summed E-state index contributed by atoms with van der Waals surface area (Å²) in [5.74, 6) is 1.87. The molecule has 1 aliphatic heterocycles. The van der Waals surface area contributed by atoms with Gasteiger partial charge in [-0.3, -0.25) is 9.59 Å². The molecule has 0 atom stereocenters. The first-order valence-corrected chi connectivity index (χ1v) is 11.1. The highest BCUT2D eigenvalue weighted by Gasteiger charge is 2.29. The number of carbonyl (C=O) groups excluding carboxylic acids is 2. The number of benzene rings is 3. The highest BCUT2D eigenvalue weighted by molar-refractivity contribution is 6.22. The third-order valence-electron chi connectivity index (χ3n) is 6.51. The van der Waals surface area contributed by atoms with E-state index in [9.17, 15) is 9.59 Å². The molecule has 34 heavy (non-hydrogen) atoms. The van der Waals surface area contributed by atoms with Crippen molar-refractivity contribution in [2.75, 3.05) is 34.4 Å². The standard InChI is InChI=1S/C28H25NO5/c1-32-19-15-24(33-2)26(25(16-19)34-3)17-10-12-29(13-11-17)28(31)18-8-9-21-20-6-4-5-7-22(20)27(30)23(21)14-18/h4-10,14-16H,11-13H2,1-3H3. The van der Waals surface area contributed by atoms with E-state index >= 15 is 0 Å². The average Bonchev–Trinajstić information content (AvgIpc) is 3.18. The van der Waals surface area contributed by atoms with Crippen LogP contribution in [-0.4, -0.2) is 51.0 Å². The van der Waals surface area contributed by atoms with Crippen LogP contribution in [0.1, 0.15) is 38.3 Å². The van der Waals surface area contributed by atoms with E-state index < -0.39 is 0 Å². The van der Waals surface area contributed by atoms with E-state index in [-0.39, 0.29) is 11.7 Å². The first-order valence-electron chi connectivity index (χ1n) is 11.1. The number of ketones is 1. The second-order valence-electron chi connectivity index (χ2n) is 8.27. The van der Waals surface area contributed by atoms with Gasteiger partial charge in [0.15, 0.2) is 5.78 Å². The first-order chi connectivity index (χ1) is 16.5. The molecule has 0 spiro atoms. The predicted octanol–water partition coefficient (Wildman–Crippen LogP) is 4.85. The minimum atomic E-state index is -0.0875. The largest absolute Gasteiger partial charge is 0.496 e. The van der Waals surface area contributed by atoms with Crippen LogP contribution in [0.15, 0.2) is 60.7 Å². The van der Waals surface area contributed by atoms with Gasteiger partial charge in [-0.25, -0.2) is 0 Å². The van der Waals surface area contributed by atoms with Crippen molar-refractivity contribution >= 4 is 17.3 Å². The van der Waals surface area contributed by atoms with E-state index in [4.69, 9.17) is 14.2 Å². The van der Waals surface area contributed by atoms with E-state index in [0.29, 0.717) is 53.4 Å². The molecule has 0 fully saturated rings. The van der Waals surface area contributed by atoms with E-state index in [1.807, 2.05) is 54.6 Å². The summed E-state index contributed by atoms with van der Waals surface area (Å²) in [6.45, 7) is 1.01. The Morgan fingerprint density at radius 1 is 0.824 bits per heavy atom. The Hall–Kier alpha value is -4.06. The SMILES string of the molecule is COc1cc(OC)c(C2=CCN(C(=O)c3ccc4c(c3)C(=O)c3ccccc3-4)CC2)c(OC)c1. The van der Waals surface area contributed by atoms with E-state index in [1.165, 1.54) is 0 Å². The zero-order valence-corrected chi connectivity index (χ0v) is 19.4. The lowest BCUT2D eigenvalue weighted by molar-refractivity contribution is 0.0773. The summed E-state index contributed by atoms with van der Waals surface area (Å²) >= 11 is 0. The van der Waals surface area contributed by atoms with Crippen LogP contribution in [0.2, 0.25) is 0 Å². The molecule has 1 heterocycles. The molecule has 1 aliphatic carbocycles. The van der Waals surface area contributed by atoms with E-state index in [0.717, 1.165) is 22.3 Å². The second kappa shape index (κ2) is 8.71. The summed E-state index contributed by atoms with van der Waals surface area (Å²) in [7, 11) is 4.83. The molecule has 0 radical (unpaired) electrons. The molecule has 0 saturated carbocycles. The molecule has 0 saturated heterocycles. The number of ether oxygens (including phenoxy) is 3. The number of carbonyl (C=O) groups is 2. The number of amides is 1. The maximum absolute atomic E-state index is 13.3. The fourth-order valence-electron chi connectivity index (χ4n) is 4.75. The van der Waals surface area contributed by atoms with Crippen LogP contribution in [0.25, 0.3) is 16.7 Å². The van der Waals surface area contributed by atoms with Crippen LogP contribution in [0.3, 0.4) is 0 Å². The number of hydrogen-bond donors (Lipinski definition) is 0. The van der Waals surface area contributed by atoms with Crippen LogP contribution in [0, 0.1) is 0 Å². The third-order valence-corrected chi connectivity index (χ3v) is 6.51. The monoisotopic (exact) mass is 455 g/mol. The smallest absolute Gasteiger partial charge is 0.254 e. The predicted molar refractivity (Wildman–Crippen MR) is 130 cm³/mol. The van der Waals surface area contributed by atoms with Gasteiger partial charge >= 0.3 is 0 Å². The van der Waals surface area contributed by atoms with Gasteiger partial charge < -0.3 is 19.1 Å². The molecule has 0 unspecified atom stereocenters. The molecule has 6 heteroatoms. The highest BCUT2D eigenvalue weighted by atomic mass is 16.5. The minimum absolute atomic E-state index is 0.0280.